The average molecular weight is 436 g/mol. The summed E-state index contributed by atoms with van der Waals surface area (Å²) < 4.78 is 8.26. The van der Waals surface area contributed by atoms with Gasteiger partial charge in [0.05, 0.1) is 0 Å². The molecule has 0 aliphatic rings. The Balaban J connectivity index is -0.000000000833. The molecule has 0 aliphatic heterocycles. The summed E-state index contributed by atoms with van der Waals surface area (Å²) in [5.74, 6) is 0. The van der Waals surface area contributed by atoms with Crippen LogP contribution in [-0.4, -0.2) is 0 Å². The van der Waals surface area contributed by atoms with Crippen molar-refractivity contribution >= 4 is 67.9 Å². The topological polar surface area (TPSA) is 17.1 Å². The molecule has 6 heteroatoms. The molecule has 0 aliphatic carbocycles. The molecular formula is H4Br4MoO. The number of hydrogen-bond donors (Lipinski definition) is 0. The first-order valence-corrected chi connectivity index (χ1v) is 0.986. The molecular weight excluding hydrogens is 432 g/mol. The van der Waals surface area contributed by atoms with Crippen molar-refractivity contribution in [1.82, 2.24) is 0 Å². The normalized spacial score (nSPS) is 0.667. The third-order valence-corrected chi connectivity index (χ3v) is 0. The van der Waals surface area contributed by atoms with Crippen LogP contribution in [0.1, 0.15) is 0 Å². The monoisotopic (exact) mass is 434 g/mol. The van der Waals surface area contributed by atoms with Gasteiger partial charge in [-0.05, 0) is 0 Å². The molecule has 0 saturated heterocycles. The van der Waals surface area contributed by atoms with Gasteiger partial charge >= 0.3 is 23.2 Å². The summed E-state index contributed by atoms with van der Waals surface area (Å²) in [7, 11) is 0. The van der Waals surface area contributed by atoms with Gasteiger partial charge in [0.2, 0.25) is 0 Å². The molecule has 1 nitrogen and oxygen atoms in total. The van der Waals surface area contributed by atoms with E-state index in [4.69, 9.17) is 3.40 Å². The van der Waals surface area contributed by atoms with Crippen LogP contribution in [0.15, 0.2) is 0 Å². The van der Waals surface area contributed by atoms with Gasteiger partial charge in [0.25, 0.3) is 0 Å². The first kappa shape index (κ1) is 39.7. The van der Waals surface area contributed by atoms with Crippen molar-refractivity contribution < 1.29 is 23.2 Å². The molecule has 0 saturated carbocycles. The van der Waals surface area contributed by atoms with Gasteiger partial charge in [-0.15, -0.1) is 67.9 Å². The fraction of sp³-hybridized carbons (Fsp3) is 0. The van der Waals surface area contributed by atoms with Gasteiger partial charge < -0.3 is 0 Å². The molecule has 6 heavy (non-hydrogen) atoms. The predicted molar refractivity (Wildman–Crippen MR) is 42.0 cm³/mol. The summed E-state index contributed by atoms with van der Waals surface area (Å²) in [6.45, 7) is 0. The third-order valence-electron chi connectivity index (χ3n) is 0. The van der Waals surface area contributed by atoms with E-state index in [0.29, 0.717) is 19.8 Å². The SMILES string of the molecule is Br.Br.Br.Br.[O]=[Mo]. The van der Waals surface area contributed by atoms with Crippen LogP contribution in [0.4, 0.5) is 0 Å². The van der Waals surface area contributed by atoms with E-state index in [9.17, 15) is 0 Å². The number of hydrogen-bond acceptors (Lipinski definition) is 1. The van der Waals surface area contributed by atoms with Crippen molar-refractivity contribution in [3.05, 3.63) is 0 Å². The van der Waals surface area contributed by atoms with Gasteiger partial charge in [-0.25, -0.2) is 0 Å². The fourth-order valence-corrected chi connectivity index (χ4v) is 0. The van der Waals surface area contributed by atoms with Crippen LogP contribution < -0.4 is 0 Å². The van der Waals surface area contributed by atoms with Gasteiger partial charge in [-0.1, -0.05) is 0 Å². The molecule has 0 N–H and O–H groups in total. The van der Waals surface area contributed by atoms with Crippen molar-refractivity contribution in [2.45, 2.75) is 0 Å². The Bertz CT molecular complexity index is 7.51. The maximum absolute atomic E-state index is 8.26. The van der Waals surface area contributed by atoms with E-state index in [2.05, 4.69) is 0 Å². The number of halogens is 4. The van der Waals surface area contributed by atoms with Crippen molar-refractivity contribution in [1.29, 1.82) is 0 Å². The van der Waals surface area contributed by atoms with Crippen LogP contribution in [0.5, 0.6) is 0 Å². The standard InChI is InChI=1S/4BrH.Mo.O/h4*1H;;. The first-order valence-electron chi connectivity index (χ1n) is 0.167. The van der Waals surface area contributed by atoms with E-state index in [1.807, 2.05) is 0 Å². The van der Waals surface area contributed by atoms with Gasteiger partial charge in [0.15, 0.2) is 0 Å². The van der Waals surface area contributed by atoms with Crippen LogP contribution in [0.2, 0.25) is 0 Å². The van der Waals surface area contributed by atoms with Crippen molar-refractivity contribution in [2.75, 3.05) is 0 Å². The van der Waals surface area contributed by atoms with E-state index < -0.39 is 0 Å². The van der Waals surface area contributed by atoms with Crippen molar-refractivity contribution in [3.8, 4) is 0 Å². The van der Waals surface area contributed by atoms with Crippen LogP contribution in [0, 0.1) is 0 Å². The maximum atomic E-state index is 8.26. The Kier molecular flexibility index (Phi) is 347. The summed E-state index contributed by atoms with van der Waals surface area (Å²) in [6, 6.07) is 0. The Morgan fingerprint density at radius 3 is 0.667 bits per heavy atom. The molecule has 0 amide bonds. The quantitative estimate of drug-likeness (QED) is 0.533. The van der Waals surface area contributed by atoms with Crippen LogP contribution in [0.3, 0.4) is 0 Å². The Morgan fingerprint density at radius 1 is 0.667 bits per heavy atom. The third kappa shape index (κ3) is 32.3. The molecule has 0 unspecified atom stereocenters. The Labute approximate surface area is 89.9 Å². The van der Waals surface area contributed by atoms with Crippen LogP contribution in [0.25, 0.3) is 0 Å². The van der Waals surface area contributed by atoms with Crippen molar-refractivity contribution in [3.63, 3.8) is 0 Å². The molecule has 0 bridgehead atoms. The molecule has 0 aromatic heterocycles. The molecule has 0 rings (SSSR count). The first-order chi connectivity index (χ1) is 1.00. The Hall–Kier alpha value is 2.41. The molecule has 0 atom stereocenters. The molecule has 0 aromatic carbocycles. The molecule has 0 spiro atoms. The van der Waals surface area contributed by atoms with Gasteiger partial charge in [-0.3, -0.25) is 0 Å². The summed E-state index contributed by atoms with van der Waals surface area (Å²) in [4.78, 5) is 0. The van der Waals surface area contributed by atoms with E-state index in [0.717, 1.165) is 0 Å². The van der Waals surface area contributed by atoms with Gasteiger partial charge in [0.1, 0.15) is 0 Å². The minimum absolute atomic E-state index is 0. The van der Waals surface area contributed by atoms with Gasteiger partial charge in [-0.2, -0.15) is 0 Å². The van der Waals surface area contributed by atoms with Crippen molar-refractivity contribution in [2.24, 2.45) is 0 Å². The molecule has 0 fully saturated rings. The second-order valence-electron chi connectivity index (χ2n) is 0. The predicted octanol–water partition coefficient (Wildman–Crippen LogP) is 2.19. The summed E-state index contributed by atoms with van der Waals surface area (Å²) in [5, 5.41) is 0. The fourth-order valence-electron chi connectivity index (χ4n) is 0. The zero-order valence-electron chi connectivity index (χ0n) is 2.45. The second kappa shape index (κ2) is 52.5. The zero-order valence-corrected chi connectivity index (χ0v) is 11.3. The number of rotatable bonds is 0. The summed E-state index contributed by atoms with van der Waals surface area (Å²) in [6.07, 6.45) is 0. The molecule has 0 heterocycles. The minimum atomic E-state index is 0. The molecule has 0 radical (unpaired) electrons. The van der Waals surface area contributed by atoms with E-state index in [1.54, 1.807) is 0 Å². The van der Waals surface area contributed by atoms with E-state index in [-0.39, 0.29) is 67.9 Å². The van der Waals surface area contributed by atoms with Crippen LogP contribution >= 0.6 is 67.9 Å². The van der Waals surface area contributed by atoms with E-state index in [1.165, 1.54) is 0 Å². The summed E-state index contributed by atoms with van der Waals surface area (Å²) >= 11 is 0.700. The van der Waals surface area contributed by atoms with Crippen LogP contribution in [-0.2, 0) is 23.2 Å². The average Bonchev–Trinajstić information content (AvgIpc) is 1.00. The summed E-state index contributed by atoms with van der Waals surface area (Å²) in [5.41, 5.74) is 0. The second-order valence-corrected chi connectivity index (χ2v) is 0. The molecule has 0 aromatic rings. The zero-order chi connectivity index (χ0) is 2.00. The van der Waals surface area contributed by atoms with E-state index >= 15 is 0 Å². The Morgan fingerprint density at radius 2 is 0.667 bits per heavy atom. The molecule has 44 valence electrons. The van der Waals surface area contributed by atoms with Gasteiger partial charge in [0, 0.05) is 0 Å².